The molecule has 1 aliphatic carbocycles. The Morgan fingerprint density at radius 3 is 2.83 bits per heavy atom. The molecule has 1 atom stereocenters. The van der Waals surface area contributed by atoms with Gasteiger partial charge in [-0.3, -0.25) is 0 Å². The Bertz CT molecular complexity index is 419. The van der Waals surface area contributed by atoms with Crippen LogP contribution >= 0.6 is 0 Å². The van der Waals surface area contributed by atoms with E-state index >= 15 is 0 Å². The third-order valence-corrected chi connectivity index (χ3v) is 2.78. The Balaban J connectivity index is 1.86. The Hall–Kier alpha value is -1.20. The van der Waals surface area contributed by atoms with Crippen LogP contribution in [0.2, 0.25) is 0 Å². The Morgan fingerprint density at radius 1 is 1.44 bits per heavy atom. The third kappa shape index (κ3) is 3.92. The van der Waals surface area contributed by atoms with Gasteiger partial charge in [-0.2, -0.15) is 0 Å². The van der Waals surface area contributed by atoms with Crippen molar-refractivity contribution in [2.75, 3.05) is 13.2 Å². The molecule has 1 saturated carbocycles. The van der Waals surface area contributed by atoms with E-state index in [2.05, 4.69) is 5.32 Å². The smallest absolute Gasteiger partial charge is 0.165 e. The van der Waals surface area contributed by atoms with Gasteiger partial charge in [-0.25, -0.2) is 8.78 Å². The van der Waals surface area contributed by atoms with Gasteiger partial charge in [0.2, 0.25) is 0 Å². The summed E-state index contributed by atoms with van der Waals surface area (Å²) in [5.74, 6) is -1.38. The topological polar surface area (TPSA) is 41.5 Å². The average molecular weight is 257 g/mol. The first kappa shape index (κ1) is 13.2. The maximum Gasteiger partial charge on any atom is 0.165 e. The zero-order valence-electron chi connectivity index (χ0n) is 10.2. The molecule has 1 aromatic rings. The molecule has 0 saturated heterocycles. The van der Waals surface area contributed by atoms with Gasteiger partial charge >= 0.3 is 0 Å². The molecule has 5 heteroatoms. The molecule has 0 bridgehead atoms. The number of hydrogen-bond donors (Lipinski definition) is 2. The lowest BCUT2D eigenvalue weighted by molar-refractivity contribution is 0.0108. The predicted molar refractivity (Wildman–Crippen MR) is 63.5 cm³/mol. The van der Waals surface area contributed by atoms with Gasteiger partial charge in [0.15, 0.2) is 11.6 Å². The molecule has 0 aromatic heterocycles. The Kier molecular flexibility index (Phi) is 3.82. The Morgan fingerprint density at radius 2 is 2.17 bits per heavy atom. The van der Waals surface area contributed by atoms with Crippen LogP contribution in [-0.4, -0.2) is 29.9 Å². The van der Waals surface area contributed by atoms with Crippen molar-refractivity contribution in [1.29, 1.82) is 0 Å². The molecule has 18 heavy (non-hydrogen) atoms. The largest absolute Gasteiger partial charge is 0.487 e. The highest BCUT2D eigenvalue weighted by molar-refractivity contribution is 5.25. The molecule has 1 fully saturated rings. The van der Waals surface area contributed by atoms with Crippen molar-refractivity contribution >= 4 is 0 Å². The van der Waals surface area contributed by atoms with E-state index in [1.165, 1.54) is 0 Å². The second kappa shape index (κ2) is 5.20. The molecule has 1 aromatic carbocycles. The van der Waals surface area contributed by atoms with Crippen LogP contribution < -0.4 is 10.1 Å². The highest BCUT2D eigenvalue weighted by Gasteiger charge is 2.27. The maximum atomic E-state index is 13.3. The van der Waals surface area contributed by atoms with Crippen LogP contribution in [0.5, 0.6) is 5.75 Å². The van der Waals surface area contributed by atoms with Crippen LogP contribution in [0.15, 0.2) is 18.2 Å². The van der Waals surface area contributed by atoms with Gasteiger partial charge < -0.3 is 15.2 Å². The fraction of sp³-hybridized carbons (Fsp3) is 0.538. The van der Waals surface area contributed by atoms with E-state index in [1.54, 1.807) is 6.92 Å². The molecule has 0 spiro atoms. The average Bonchev–Trinajstić information content (AvgIpc) is 3.12. The minimum absolute atomic E-state index is 0.0902. The van der Waals surface area contributed by atoms with Gasteiger partial charge in [0.25, 0.3) is 0 Å². The van der Waals surface area contributed by atoms with Gasteiger partial charge in [-0.1, -0.05) is 0 Å². The number of benzene rings is 1. The predicted octanol–water partition coefficient (Wildman–Crippen LogP) is 1.85. The van der Waals surface area contributed by atoms with Gasteiger partial charge in [0.1, 0.15) is 18.0 Å². The summed E-state index contributed by atoms with van der Waals surface area (Å²) in [5.41, 5.74) is -1.11. The molecule has 2 N–H and O–H groups in total. The number of ether oxygens (including phenoxy) is 1. The van der Waals surface area contributed by atoms with E-state index in [9.17, 15) is 13.9 Å². The van der Waals surface area contributed by atoms with Crippen LogP contribution in [0, 0.1) is 11.6 Å². The molecular weight excluding hydrogens is 240 g/mol. The summed E-state index contributed by atoms with van der Waals surface area (Å²) in [7, 11) is 0. The third-order valence-electron chi connectivity index (χ3n) is 2.78. The highest BCUT2D eigenvalue weighted by Crippen LogP contribution is 2.21. The van der Waals surface area contributed by atoms with Crippen LogP contribution in [0.1, 0.15) is 19.8 Å². The van der Waals surface area contributed by atoms with Crippen LogP contribution in [0.3, 0.4) is 0 Å². The second-order valence-electron chi connectivity index (χ2n) is 5.02. The fourth-order valence-corrected chi connectivity index (χ4v) is 1.52. The summed E-state index contributed by atoms with van der Waals surface area (Å²) >= 11 is 0. The van der Waals surface area contributed by atoms with Gasteiger partial charge in [0.05, 0.1) is 0 Å². The first-order valence-electron chi connectivity index (χ1n) is 6.00. The highest BCUT2D eigenvalue weighted by atomic mass is 19.1. The summed E-state index contributed by atoms with van der Waals surface area (Å²) in [6.07, 6.45) is 2.24. The lowest BCUT2D eigenvalue weighted by atomic mass is 10.1. The molecule has 0 amide bonds. The van der Waals surface area contributed by atoms with Gasteiger partial charge in [0, 0.05) is 18.7 Å². The van der Waals surface area contributed by atoms with E-state index in [1.807, 2.05) is 0 Å². The molecule has 1 unspecified atom stereocenters. The van der Waals surface area contributed by atoms with Crippen molar-refractivity contribution in [2.24, 2.45) is 0 Å². The van der Waals surface area contributed by atoms with Crippen molar-refractivity contribution in [3.63, 3.8) is 0 Å². The number of aliphatic hydroxyl groups is 1. The maximum absolute atomic E-state index is 13.3. The minimum Gasteiger partial charge on any atom is -0.487 e. The van der Waals surface area contributed by atoms with Crippen LogP contribution in [0.25, 0.3) is 0 Å². The van der Waals surface area contributed by atoms with Crippen molar-refractivity contribution in [1.82, 2.24) is 5.32 Å². The first-order chi connectivity index (χ1) is 8.46. The summed E-state index contributed by atoms with van der Waals surface area (Å²) in [6.45, 7) is 1.88. The number of halogens is 2. The van der Waals surface area contributed by atoms with E-state index in [0.717, 1.165) is 31.0 Å². The SMILES string of the molecule is CC(O)(CNC1CC1)COc1cc(F)ccc1F. The molecule has 0 heterocycles. The first-order valence-corrected chi connectivity index (χ1v) is 6.00. The molecule has 1 aliphatic rings. The molecule has 100 valence electrons. The zero-order chi connectivity index (χ0) is 13.2. The fourth-order valence-electron chi connectivity index (χ4n) is 1.52. The molecule has 0 radical (unpaired) electrons. The summed E-state index contributed by atoms with van der Waals surface area (Å²) in [4.78, 5) is 0. The quantitative estimate of drug-likeness (QED) is 0.817. The number of rotatable bonds is 6. The van der Waals surface area contributed by atoms with Crippen molar-refractivity contribution in [3.05, 3.63) is 29.8 Å². The minimum atomic E-state index is -1.11. The van der Waals surface area contributed by atoms with Crippen molar-refractivity contribution in [2.45, 2.75) is 31.4 Å². The number of hydrogen-bond acceptors (Lipinski definition) is 3. The molecular formula is C13H17F2NO2. The van der Waals surface area contributed by atoms with Crippen molar-refractivity contribution in [3.8, 4) is 5.75 Å². The van der Waals surface area contributed by atoms with Crippen LogP contribution in [-0.2, 0) is 0 Å². The molecule has 2 rings (SSSR count). The second-order valence-corrected chi connectivity index (χ2v) is 5.02. The molecule has 3 nitrogen and oxygen atoms in total. The summed E-state index contributed by atoms with van der Waals surface area (Å²) in [6, 6.07) is 3.47. The number of nitrogens with one attached hydrogen (secondary N) is 1. The van der Waals surface area contributed by atoms with E-state index < -0.39 is 17.2 Å². The summed E-state index contributed by atoms with van der Waals surface area (Å²) < 4.78 is 31.3. The molecule has 0 aliphatic heterocycles. The van der Waals surface area contributed by atoms with Gasteiger partial charge in [-0.15, -0.1) is 0 Å². The van der Waals surface area contributed by atoms with Crippen molar-refractivity contribution < 1.29 is 18.6 Å². The van der Waals surface area contributed by atoms with E-state index in [4.69, 9.17) is 4.74 Å². The lowest BCUT2D eigenvalue weighted by Gasteiger charge is -2.24. The monoisotopic (exact) mass is 257 g/mol. The van der Waals surface area contributed by atoms with Crippen LogP contribution in [0.4, 0.5) is 8.78 Å². The van der Waals surface area contributed by atoms with E-state index in [-0.39, 0.29) is 12.4 Å². The standard InChI is InChI=1S/C13H17F2NO2/c1-13(17,7-16-10-3-4-10)8-18-12-6-9(14)2-5-11(12)15/h2,5-6,10,16-17H,3-4,7-8H2,1H3. The Labute approximate surface area is 105 Å². The van der Waals surface area contributed by atoms with Gasteiger partial charge in [-0.05, 0) is 31.9 Å². The lowest BCUT2D eigenvalue weighted by Crippen LogP contribution is -2.43. The van der Waals surface area contributed by atoms with E-state index in [0.29, 0.717) is 12.6 Å². The summed E-state index contributed by atoms with van der Waals surface area (Å²) in [5, 5.41) is 13.2. The normalized spacial score (nSPS) is 18.4. The zero-order valence-corrected chi connectivity index (χ0v) is 10.2.